The number of amides is 2. The van der Waals surface area contributed by atoms with Crippen LogP contribution in [-0.4, -0.2) is 40.9 Å². The number of sulfonamides is 1. The highest BCUT2D eigenvalue weighted by Gasteiger charge is 2.29. The van der Waals surface area contributed by atoms with E-state index < -0.39 is 21.9 Å². The Morgan fingerprint density at radius 2 is 1.74 bits per heavy atom. The number of aromatic nitrogens is 1. The molecule has 0 atom stereocenters. The summed E-state index contributed by atoms with van der Waals surface area (Å²) in [6.45, 7) is -0.0274. The number of halogens is 2. The lowest BCUT2D eigenvalue weighted by atomic mass is 10.2. The highest BCUT2D eigenvalue weighted by Crippen LogP contribution is 2.38. The number of nitrogens with zero attached hydrogens (tertiary/aromatic N) is 3. The number of hydrogen-bond donors (Lipinski definition) is 1. The van der Waals surface area contributed by atoms with Crippen LogP contribution in [0.15, 0.2) is 86.9 Å². The number of methoxy groups -OCH3 is 2. The molecule has 1 N–H and O–H groups in total. The van der Waals surface area contributed by atoms with Gasteiger partial charge in [0, 0.05) is 19.2 Å². The van der Waals surface area contributed by atoms with Crippen LogP contribution in [0.3, 0.4) is 0 Å². The van der Waals surface area contributed by atoms with Crippen molar-refractivity contribution in [3.63, 3.8) is 0 Å². The van der Waals surface area contributed by atoms with E-state index in [1.54, 1.807) is 31.4 Å². The van der Waals surface area contributed by atoms with Gasteiger partial charge in [0.15, 0.2) is 5.82 Å². The minimum absolute atomic E-state index is 0.0274. The van der Waals surface area contributed by atoms with E-state index >= 15 is 0 Å². The Morgan fingerprint density at radius 1 is 1.05 bits per heavy atom. The van der Waals surface area contributed by atoms with Crippen LogP contribution in [0, 0.1) is 5.82 Å². The average Bonchev–Trinajstić information content (AvgIpc) is 3.48. The van der Waals surface area contributed by atoms with E-state index in [0.29, 0.717) is 11.3 Å². The zero-order valence-electron chi connectivity index (χ0n) is 21.1. The molecule has 0 saturated heterocycles. The van der Waals surface area contributed by atoms with Gasteiger partial charge in [-0.3, -0.25) is 4.90 Å². The molecule has 0 saturated carbocycles. The molecule has 13 heteroatoms. The predicted molar refractivity (Wildman–Crippen MR) is 147 cm³/mol. The first-order valence-electron chi connectivity index (χ1n) is 11.4. The molecule has 0 spiro atoms. The van der Waals surface area contributed by atoms with Gasteiger partial charge >= 0.3 is 6.03 Å². The van der Waals surface area contributed by atoms with Gasteiger partial charge in [0.2, 0.25) is 0 Å². The van der Waals surface area contributed by atoms with E-state index in [4.69, 9.17) is 14.0 Å². The number of benzene rings is 3. The monoisotopic (exact) mass is 618 g/mol. The standard InChI is InChI=1S/C26H24BrFN4O6S/c1-29-26(33)32(23-15-22(28)21(27)14-24(23)37-3)18-6-10-20(11-7-18)39(34,35)31(25-12-13-38-30-25)16-17-4-8-19(36-2)9-5-17/h4-15H,16H2,1-3H3,(H,29,33). The fraction of sp³-hybridized carbons (Fsp3) is 0.154. The molecule has 4 rings (SSSR count). The summed E-state index contributed by atoms with van der Waals surface area (Å²) in [6, 6.07) is 15.9. The van der Waals surface area contributed by atoms with Gasteiger partial charge in [-0.05, 0) is 64.0 Å². The number of ether oxygens (including phenoxy) is 2. The van der Waals surface area contributed by atoms with E-state index in [0.717, 1.165) is 10.4 Å². The lowest BCUT2D eigenvalue weighted by molar-refractivity contribution is 0.250. The Labute approximate surface area is 233 Å². The van der Waals surface area contributed by atoms with E-state index in [-0.39, 0.29) is 38.9 Å². The second-order valence-corrected chi connectivity index (χ2v) is 10.8. The van der Waals surface area contributed by atoms with Gasteiger partial charge in [-0.1, -0.05) is 17.3 Å². The summed E-state index contributed by atoms with van der Waals surface area (Å²) in [5.74, 6) is 0.339. The zero-order valence-corrected chi connectivity index (χ0v) is 23.5. The molecule has 39 heavy (non-hydrogen) atoms. The maximum absolute atomic E-state index is 14.4. The lowest BCUT2D eigenvalue weighted by Crippen LogP contribution is -2.35. The van der Waals surface area contributed by atoms with Crippen LogP contribution >= 0.6 is 15.9 Å². The zero-order chi connectivity index (χ0) is 28.2. The molecule has 204 valence electrons. The number of nitrogens with one attached hydrogen (secondary N) is 1. The van der Waals surface area contributed by atoms with Gasteiger partial charge in [0.05, 0.1) is 41.5 Å². The van der Waals surface area contributed by atoms with Crippen LogP contribution in [0.5, 0.6) is 11.5 Å². The minimum Gasteiger partial charge on any atom is -0.497 e. The normalized spacial score (nSPS) is 11.1. The van der Waals surface area contributed by atoms with Gasteiger partial charge < -0.3 is 19.3 Å². The number of anilines is 3. The molecule has 0 aliphatic heterocycles. The fourth-order valence-corrected chi connectivity index (χ4v) is 5.47. The van der Waals surface area contributed by atoms with Crippen molar-refractivity contribution in [3.8, 4) is 11.5 Å². The summed E-state index contributed by atoms with van der Waals surface area (Å²) in [5.41, 5.74) is 1.09. The molecule has 0 aliphatic carbocycles. The van der Waals surface area contributed by atoms with Crippen molar-refractivity contribution in [2.75, 3.05) is 30.5 Å². The van der Waals surface area contributed by atoms with Crippen molar-refractivity contribution >= 4 is 49.2 Å². The fourth-order valence-electron chi connectivity index (χ4n) is 3.75. The molecule has 0 radical (unpaired) electrons. The maximum atomic E-state index is 14.4. The van der Waals surface area contributed by atoms with Crippen molar-refractivity contribution in [1.29, 1.82) is 0 Å². The lowest BCUT2D eigenvalue weighted by Gasteiger charge is -2.25. The summed E-state index contributed by atoms with van der Waals surface area (Å²) in [4.78, 5) is 14.0. The SMILES string of the molecule is CNC(=O)N(c1ccc(S(=O)(=O)N(Cc2ccc(OC)cc2)c2ccon2)cc1)c1cc(F)c(Br)cc1OC. The number of carbonyl (C=O) groups is 1. The average molecular weight is 619 g/mol. The van der Waals surface area contributed by atoms with Crippen LogP contribution in [0.4, 0.5) is 26.4 Å². The molecule has 3 aromatic carbocycles. The molecule has 10 nitrogen and oxygen atoms in total. The quantitative estimate of drug-likeness (QED) is 0.265. The van der Waals surface area contributed by atoms with Gasteiger partial charge in [0.1, 0.15) is 23.6 Å². The summed E-state index contributed by atoms with van der Waals surface area (Å²) < 4.78 is 58.6. The van der Waals surface area contributed by atoms with Crippen LogP contribution < -0.4 is 24.0 Å². The minimum atomic E-state index is -4.13. The molecule has 0 bridgehead atoms. The van der Waals surface area contributed by atoms with Crippen LogP contribution in [0.25, 0.3) is 0 Å². The third kappa shape index (κ3) is 5.83. The second-order valence-electron chi connectivity index (χ2n) is 8.04. The van der Waals surface area contributed by atoms with Gasteiger partial charge in [-0.2, -0.15) is 0 Å². The Morgan fingerprint density at radius 3 is 2.31 bits per heavy atom. The van der Waals surface area contributed by atoms with E-state index in [1.807, 2.05) is 0 Å². The first kappa shape index (κ1) is 27.9. The molecule has 4 aromatic rings. The molecular formula is C26H24BrFN4O6S. The second kappa shape index (κ2) is 11.7. The molecule has 0 fully saturated rings. The predicted octanol–water partition coefficient (Wildman–Crippen LogP) is 5.47. The summed E-state index contributed by atoms with van der Waals surface area (Å²) in [6.07, 6.45) is 1.28. The van der Waals surface area contributed by atoms with Crippen LogP contribution in [0.2, 0.25) is 0 Å². The Hall–Kier alpha value is -4.10. The van der Waals surface area contributed by atoms with Crippen molar-refractivity contribution in [1.82, 2.24) is 10.5 Å². The largest absolute Gasteiger partial charge is 0.497 e. The first-order chi connectivity index (χ1) is 18.7. The number of carbonyl (C=O) groups excluding carboxylic acids is 1. The Kier molecular flexibility index (Phi) is 8.41. The van der Waals surface area contributed by atoms with Gasteiger partial charge in [-0.25, -0.2) is 21.9 Å². The molecule has 0 unspecified atom stereocenters. The van der Waals surface area contributed by atoms with Crippen molar-refractivity contribution in [2.45, 2.75) is 11.4 Å². The summed E-state index contributed by atoms with van der Waals surface area (Å²) in [5, 5.41) is 6.33. The third-order valence-corrected chi connectivity index (χ3v) is 8.10. The smallest absolute Gasteiger partial charge is 0.326 e. The van der Waals surface area contributed by atoms with Crippen molar-refractivity contribution in [3.05, 3.63) is 88.8 Å². The first-order valence-corrected chi connectivity index (χ1v) is 13.6. The Balaban J connectivity index is 1.72. The molecular weight excluding hydrogens is 595 g/mol. The van der Waals surface area contributed by atoms with Crippen LogP contribution in [0.1, 0.15) is 5.56 Å². The van der Waals surface area contributed by atoms with Gasteiger partial charge in [0.25, 0.3) is 10.0 Å². The Bertz CT molecular complexity index is 1550. The topological polar surface area (TPSA) is 114 Å². The summed E-state index contributed by atoms with van der Waals surface area (Å²) >= 11 is 3.11. The number of hydrogen-bond acceptors (Lipinski definition) is 7. The molecule has 1 heterocycles. The third-order valence-electron chi connectivity index (χ3n) is 5.73. The highest BCUT2D eigenvalue weighted by molar-refractivity contribution is 9.10. The van der Waals surface area contributed by atoms with Gasteiger partial charge in [-0.15, -0.1) is 0 Å². The highest BCUT2D eigenvalue weighted by atomic mass is 79.9. The molecule has 2 amide bonds. The van der Waals surface area contributed by atoms with Crippen LogP contribution in [-0.2, 0) is 16.6 Å². The summed E-state index contributed by atoms with van der Waals surface area (Å²) in [7, 11) is 0.227. The van der Waals surface area contributed by atoms with E-state index in [2.05, 4.69) is 26.4 Å². The van der Waals surface area contributed by atoms with Crippen molar-refractivity contribution < 1.29 is 31.6 Å². The van der Waals surface area contributed by atoms with E-state index in [1.165, 1.54) is 61.7 Å². The number of rotatable bonds is 9. The maximum Gasteiger partial charge on any atom is 0.326 e. The molecule has 1 aromatic heterocycles. The van der Waals surface area contributed by atoms with Crippen molar-refractivity contribution in [2.24, 2.45) is 0 Å². The number of urea groups is 1. The molecule has 0 aliphatic rings. The van der Waals surface area contributed by atoms with E-state index in [9.17, 15) is 17.6 Å².